The van der Waals surface area contributed by atoms with Crippen LogP contribution in [0.3, 0.4) is 0 Å². The van der Waals surface area contributed by atoms with Crippen molar-refractivity contribution in [3.63, 3.8) is 0 Å². The van der Waals surface area contributed by atoms with E-state index in [-0.39, 0.29) is 54.7 Å². The van der Waals surface area contributed by atoms with Gasteiger partial charge in [-0.05, 0) is 84.9 Å². The second-order valence-corrected chi connectivity index (χ2v) is 17.2. The number of hydrogen-bond donors (Lipinski definition) is 5. The summed E-state index contributed by atoms with van der Waals surface area (Å²) < 4.78 is 29.8. The normalized spacial score (nSPS) is 10.7. The van der Waals surface area contributed by atoms with E-state index in [2.05, 4.69) is 21.3 Å². The van der Waals surface area contributed by atoms with Crippen LogP contribution in [0.1, 0.15) is 0 Å². The molecule has 24 heteroatoms. The topological polar surface area (TPSA) is 271 Å². The Kier molecular flexibility index (Phi) is 17.7. The molecule has 0 atom stereocenters. The standard InChI is InChI=1S/C27H25ClN4O7.C26H23ClN4O7/c1-37-17-10-8-16(9-11-17)29-24(33)15-32-26(35)18-6-4-5-7-21(18)31(27(32)36)14-25(34)30-20-12-19(28)22(38-2)13-23(20)39-3;1-37-21-12-22(38-2)19(11-18(21)27)29-24(34)13-30-20-6-4-3-5-17(20)25(35)31(26(30)36)14-23(33)28-15-7-9-16(32)10-8-15/h4-13H,14-15H2,1-3H3,(H,29,33)(H,30,34);3-12,32H,13-14H2,1-2H3,(H,28,33)(H,29,34)/i1-1;. The van der Waals surface area contributed by atoms with Crippen molar-refractivity contribution in [1.29, 1.82) is 0 Å². The van der Waals surface area contributed by atoms with Gasteiger partial charge < -0.3 is 50.1 Å². The number of phenolic OH excluding ortho intramolecular Hbond substituents is 1. The molecule has 0 radical (unpaired) electrons. The molecule has 0 aliphatic carbocycles. The zero-order valence-corrected chi connectivity index (χ0v) is 43.2. The molecule has 0 fully saturated rings. The highest BCUT2D eigenvalue weighted by molar-refractivity contribution is 6.33. The van der Waals surface area contributed by atoms with Gasteiger partial charge in [-0.1, -0.05) is 47.5 Å². The number of halogens is 2. The Balaban J connectivity index is 0.000000224. The van der Waals surface area contributed by atoms with Gasteiger partial charge in [0.25, 0.3) is 11.1 Å². The highest BCUT2D eigenvalue weighted by Crippen LogP contribution is 2.37. The maximum Gasteiger partial charge on any atom is 0.332 e. The SMILES string of the molecule is COc1cc(OC)c(NC(=O)Cn2c(=O)n(CC(=O)Nc3ccc(O)cc3)c(=O)c3ccccc32)cc1Cl.COc1cc(OC)c(NC(=O)Cn2c(=O)n(CC(=O)Nc3ccc(O[11CH3])cc3)c(=O)c3ccccc32)cc1Cl. The number of amides is 4. The van der Waals surface area contributed by atoms with Gasteiger partial charge in [0.05, 0.1) is 78.8 Å². The maximum absolute atomic E-state index is 13.4. The average molecular weight is 1090 g/mol. The largest absolute Gasteiger partial charge is 0.508 e. The molecule has 5 N–H and O–H groups in total. The van der Waals surface area contributed by atoms with Crippen LogP contribution in [-0.4, -0.2) is 82.6 Å². The number of ether oxygens (including phenoxy) is 5. The van der Waals surface area contributed by atoms with Gasteiger partial charge in [-0.25, -0.2) is 9.59 Å². The lowest BCUT2D eigenvalue weighted by atomic mass is 10.2. The number of para-hydroxylation sites is 2. The monoisotopic (exact) mass is 1090 g/mol. The Bertz CT molecular complexity index is 3800. The van der Waals surface area contributed by atoms with Crippen molar-refractivity contribution in [3.8, 4) is 34.5 Å². The lowest BCUT2D eigenvalue weighted by Gasteiger charge is -2.16. The minimum absolute atomic E-state index is 0.0180. The van der Waals surface area contributed by atoms with Crippen LogP contribution in [0.15, 0.2) is 141 Å². The first-order chi connectivity index (χ1) is 37.0. The van der Waals surface area contributed by atoms with Crippen LogP contribution in [0.4, 0.5) is 22.7 Å². The predicted molar refractivity (Wildman–Crippen MR) is 290 cm³/mol. The summed E-state index contributed by atoms with van der Waals surface area (Å²) in [7, 11) is 7.24. The zero-order chi connectivity index (χ0) is 55.5. The number of rotatable bonds is 17. The molecule has 0 aliphatic heterocycles. The van der Waals surface area contributed by atoms with Crippen LogP contribution in [0, 0.1) is 0 Å². The summed E-state index contributed by atoms with van der Waals surface area (Å²) >= 11 is 12.4. The Hall–Kier alpha value is -9.54. The molecule has 22 nitrogen and oxygen atoms in total. The molecule has 0 saturated heterocycles. The van der Waals surface area contributed by atoms with Gasteiger partial charge in [0.15, 0.2) is 0 Å². The first-order valence-corrected chi connectivity index (χ1v) is 23.6. The number of carbonyl (C=O) groups is 4. The summed E-state index contributed by atoms with van der Waals surface area (Å²) in [6.07, 6.45) is 0. The third-order valence-corrected chi connectivity index (χ3v) is 12.1. The number of hydrogen-bond acceptors (Lipinski definition) is 14. The number of phenols is 1. The molecule has 6 aromatic carbocycles. The Morgan fingerprint density at radius 2 is 0.792 bits per heavy atom. The van der Waals surface area contributed by atoms with Crippen LogP contribution >= 0.6 is 23.2 Å². The van der Waals surface area contributed by atoms with Crippen LogP contribution < -0.4 is 67.4 Å². The molecule has 77 heavy (non-hydrogen) atoms. The van der Waals surface area contributed by atoms with Crippen molar-refractivity contribution in [1.82, 2.24) is 18.3 Å². The molecule has 0 bridgehead atoms. The van der Waals surface area contributed by atoms with E-state index in [0.717, 1.165) is 18.3 Å². The molecule has 0 saturated carbocycles. The van der Waals surface area contributed by atoms with Gasteiger partial charge in [-0.2, -0.15) is 0 Å². The number of fused-ring (bicyclic) bond motifs is 2. The van der Waals surface area contributed by atoms with Gasteiger partial charge in [0, 0.05) is 23.5 Å². The number of anilines is 4. The van der Waals surface area contributed by atoms with E-state index in [9.17, 15) is 43.5 Å². The van der Waals surface area contributed by atoms with E-state index in [1.807, 2.05) is 0 Å². The van der Waals surface area contributed by atoms with E-state index in [1.165, 1.54) is 102 Å². The minimum atomic E-state index is -0.843. The van der Waals surface area contributed by atoms with Crippen LogP contribution in [0.5, 0.6) is 34.5 Å². The first kappa shape index (κ1) is 55.2. The highest BCUT2D eigenvalue weighted by atomic mass is 35.5. The van der Waals surface area contributed by atoms with Crippen molar-refractivity contribution in [2.45, 2.75) is 26.2 Å². The number of methoxy groups -OCH3 is 5. The van der Waals surface area contributed by atoms with Gasteiger partial charge >= 0.3 is 11.4 Å². The molecular formula is C53H48Cl2N8O14. The van der Waals surface area contributed by atoms with Gasteiger partial charge in [0.2, 0.25) is 23.6 Å². The van der Waals surface area contributed by atoms with Crippen LogP contribution in [-0.2, 0) is 45.4 Å². The Morgan fingerprint density at radius 3 is 1.17 bits per heavy atom. The van der Waals surface area contributed by atoms with Crippen molar-refractivity contribution in [2.24, 2.45) is 0 Å². The number of nitrogens with zero attached hydrogens (tertiary/aromatic N) is 4. The average Bonchev–Trinajstić information content (AvgIpc) is 3.43. The fourth-order valence-corrected chi connectivity index (χ4v) is 8.30. The van der Waals surface area contributed by atoms with Gasteiger partial charge in [0.1, 0.15) is 60.7 Å². The first-order valence-electron chi connectivity index (χ1n) is 22.9. The molecule has 2 heterocycles. The Labute approximate surface area is 446 Å². The van der Waals surface area contributed by atoms with E-state index in [1.54, 1.807) is 54.6 Å². The fraction of sp³-hybridized carbons (Fsp3) is 0.170. The number of carbonyl (C=O) groups excluding carboxylic acids is 4. The number of nitrogens with one attached hydrogen (secondary N) is 4. The second-order valence-electron chi connectivity index (χ2n) is 16.4. The van der Waals surface area contributed by atoms with E-state index < -0.39 is 72.3 Å². The molecule has 4 amide bonds. The smallest absolute Gasteiger partial charge is 0.332 e. The Morgan fingerprint density at radius 1 is 0.442 bits per heavy atom. The molecular weight excluding hydrogens is 1040 g/mol. The van der Waals surface area contributed by atoms with Gasteiger partial charge in [-0.3, -0.25) is 47.0 Å². The summed E-state index contributed by atoms with van der Waals surface area (Å²) in [5, 5.41) is 20.8. The van der Waals surface area contributed by atoms with E-state index in [4.69, 9.17) is 46.9 Å². The summed E-state index contributed by atoms with van der Waals surface area (Å²) in [4.78, 5) is 104. The third-order valence-electron chi connectivity index (χ3n) is 11.5. The second kappa shape index (κ2) is 24.7. The van der Waals surface area contributed by atoms with Crippen LogP contribution in [0.25, 0.3) is 21.8 Å². The fourth-order valence-electron chi connectivity index (χ4n) is 7.82. The molecule has 8 rings (SSSR count). The maximum atomic E-state index is 13.4. The van der Waals surface area contributed by atoms with Crippen molar-refractivity contribution in [2.75, 3.05) is 56.8 Å². The number of benzene rings is 6. The molecule has 0 spiro atoms. The molecule has 0 unspecified atom stereocenters. The highest BCUT2D eigenvalue weighted by Gasteiger charge is 2.21. The summed E-state index contributed by atoms with van der Waals surface area (Å²) in [6.45, 7) is -2.07. The molecule has 398 valence electrons. The lowest BCUT2D eigenvalue weighted by Crippen LogP contribution is -2.44. The van der Waals surface area contributed by atoms with Gasteiger partial charge in [-0.15, -0.1) is 0 Å². The van der Waals surface area contributed by atoms with Crippen LogP contribution in [0.2, 0.25) is 10.0 Å². The molecule has 8 aromatic rings. The third kappa shape index (κ3) is 12.9. The quantitative estimate of drug-likeness (QED) is 0.0661. The summed E-state index contributed by atoms with van der Waals surface area (Å²) in [5.41, 5.74) is -1.17. The minimum Gasteiger partial charge on any atom is -0.508 e. The summed E-state index contributed by atoms with van der Waals surface area (Å²) in [6, 6.07) is 30.9. The molecule has 0 aliphatic rings. The van der Waals surface area contributed by atoms with Crippen molar-refractivity contribution >= 4 is 91.4 Å². The van der Waals surface area contributed by atoms with Crippen molar-refractivity contribution in [3.05, 3.63) is 173 Å². The zero-order valence-electron chi connectivity index (χ0n) is 41.7. The summed E-state index contributed by atoms with van der Waals surface area (Å²) in [5.74, 6) is -0.518. The molecule has 2 aromatic heterocycles. The van der Waals surface area contributed by atoms with E-state index in [0.29, 0.717) is 34.4 Å². The number of aromatic hydroxyl groups is 1. The van der Waals surface area contributed by atoms with E-state index >= 15 is 0 Å². The van der Waals surface area contributed by atoms with Crippen molar-refractivity contribution < 1.29 is 48.0 Å². The number of aromatic nitrogens is 4. The predicted octanol–water partition coefficient (Wildman–Crippen LogP) is 5.94. The lowest BCUT2D eigenvalue weighted by molar-refractivity contribution is -0.118.